The predicted octanol–water partition coefficient (Wildman–Crippen LogP) is 2.44. The molecule has 1 heteroatoms. The summed E-state index contributed by atoms with van der Waals surface area (Å²) in [6, 6.07) is 0. The molecule has 2 aliphatic rings. The Bertz CT molecular complexity index is 185. The highest BCUT2D eigenvalue weighted by molar-refractivity contribution is 5.00. The third kappa shape index (κ3) is 0.953. The minimum atomic E-state index is -0.0180. The predicted molar refractivity (Wildman–Crippen MR) is 49.8 cm³/mol. The lowest BCUT2D eigenvalue weighted by Gasteiger charge is -2.44. The highest BCUT2D eigenvalue weighted by Gasteiger charge is 2.51. The van der Waals surface area contributed by atoms with E-state index in [1.807, 2.05) is 0 Å². The average Bonchev–Trinajstić information content (AvgIpc) is 2.14. The molecule has 2 saturated carbocycles. The highest BCUT2D eigenvalue weighted by Crippen LogP contribution is 2.56. The van der Waals surface area contributed by atoms with Gasteiger partial charge in [0, 0.05) is 0 Å². The molecule has 1 nitrogen and oxygen atoms in total. The zero-order valence-corrected chi connectivity index (χ0v) is 8.38. The maximum atomic E-state index is 9.79. The fourth-order valence-electron chi connectivity index (χ4n) is 3.56. The minimum Gasteiger partial charge on any atom is -0.393 e. The molecule has 0 heterocycles. The molecule has 0 spiro atoms. The molecule has 2 aliphatic carbocycles. The topological polar surface area (TPSA) is 20.2 Å². The van der Waals surface area contributed by atoms with Crippen LogP contribution in [-0.2, 0) is 0 Å². The van der Waals surface area contributed by atoms with Crippen LogP contribution in [0.1, 0.15) is 40.0 Å². The van der Waals surface area contributed by atoms with Gasteiger partial charge < -0.3 is 5.11 Å². The van der Waals surface area contributed by atoms with E-state index in [2.05, 4.69) is 20.8 Å². The highest BCUT2D eigenvalue weighted by atomic mass is 16.3. The van der Waals surface area contributed by atoms with Crippen LogP contribution in [-0.4, -0.2) is 11.2 Å². The Labute approximate surface area is 75.2 Å². The third-order valence-electron chi connectivity index (χ3n) is 4.60. The molecular formula is C11H20O. The van der Waals surface area contributed by atoms with E-state index in [9.17, 15) is 5.11 Å². The van der Waals surface area contributed by atoms with Crippen molar-refractivity contribution in [1.82, 2.24) is 0 Å². The van der Waals surface area contributed by atoms with Crippen LogP contribution in [0.5, 0.6) is 0 Å². The Hall–Kier alpha value is -0.0400. The molecule has 0 aliphatic heterocycles. The zero-order valence-electron chi connectivity index (χ0n) is 8.38. The largest absolute Gasteiger partial charge is 0.393 e. The van der Waals surface area contributed by atoms with E-state index in [1.165, 1.54) is 12.8 Å². The molecule has 2 rings (SSSR count). The normalized spacial score (nSPS) is 51.0. The van der Waals surface area contributed by atoms with E-state index in [0.29, 0.717) is 11.3 Å². The maximum Gasteiger partial charge on any atom is 0.0571 e. The summed E-state index contributed by atoms with van der Waals surface area (Å²) >= 11 is 0. The first-order valence-corrected chi connectivity index (χ1v) is 5.21. The van der Waals surface area contributed by atoms with Crippen molar-refractivity contribution in [3.63, 3.8) is 0 Å². The molecule has 2 bridgehead atoms. The summed E-state index contributed by atoms with van der Waals surface area (Å²) in [6.07, 6.45) is 3.72. The van der Waals surface area contributed by atoms with Crippen molar-refractivity contribution >= 4 is 0 Å². The van der Waals surface area contributed by atoms with Crippen LogP contribution in [0.2, 0.25) is 0 Å². The van der Waals surface area contributed by atoms with Gasteiger partial charge in [0.15, 0.2) is 0 Å². The van der Waals surface area contributed by atoms with E-state index in [-0.39, 0.29) is 6.10 Å². The molecule has 0 aromatic heterocycles. The maximum absolute atomic E-state index is 9.79. The lowest BCUT2D eigenvalue weighted by Crippen LogP contribution is -2.41. The van der Waals surface area contributed by atoms with E-state index in [4.69, 9.17) is 0 Å². The van der Waals surface area contributed by atoms with E-state index >= 15 is 0 Å². The summed E-state index contributed by atoms with van der Waals surface area (Å²) in [4.78, 5) is 0. The molecule has 0 saturated heterocycles. The standard InChI is InChI=1S/C11H20O/c1-7-9-5-4-8(6-10(7)12)11(9,2)3/h7-10,12H,4-6H2,1-3H3. The van der Waals surface area contributed by atoms with Gasteiger partial charge in [-0.05, 0) is 42.4 Å². The number of rotatable bonds is 0. The molecule has 0 amide bonds. The van der Waals surface area contributed by atoms with Gasteiger partial charge >= 0.3 is 0 Å². The van der Waals surface area contributed by atoms with Crippen LogP contribution < -0.4 is 0 Å². The van der Waals surface area contributed by atoms with Gasteiger partial charge in [0.05, 0.1) is 6.10 Å². The van der Waals surface area contributed by atoms with Crippen molar-refractivity contribution in [2.75, 3.05) is 0 Å². The second kappa shape index (κ2) is 2.47. The Morgan fingerprint density at radius 1 is 1.25 bits per heavy atom. The van der Waals surface area contributed by atoms with Crippen LogP contribution in [0, 0.1) is 23.2 Å². The molecule has 1 N–H and O–H groups in total. The molecule has 4 atom stereocenters. The lowest BCUT2D eigenvalue weighted by molar-refractivity contribution is -0.0295. The van der Waals surface area contributed by atoms with Gasteiger partial charge in [-0.15, -0.1) is 0 Å². The summed E-state index contributed by atoms with van der Waals surface area (Å²) in [5.74, 6) is 2.08. The van der Waals surface area contributed by atoms with Crippen molar-refractivity contribution in [3.8, 4) is 0 Å². The van der Waals surface area contributed by atoms with Gasteiger partial charge in [-0.1, -0.05) is 20.8 Å². The van der Waals surface area contributed by atoms with Crippen LogP contribution in [0.4, 0.5) is 0 Å². The second-order valence-corrected chi connectivity index (χ2v) is 5.36. The van der Waals surface area contributed by atoms with Crippen molar-refractivity contribution in [1.29, 1.82) is 0 Å². The van der Waals surface area contributed by atoms with Gasteiger partial charge in [0.2, 0.25) is 0 Å². The van der Waals surface area contributed by atoms with E-state index < -0.39 is 0 Å². The summed E-state index contributed by atoms with van der Waals surface area (Å²) in [5, 5.41) is 9.79. The van der Waals surface area contributed by atoms with Crippen LogP contribution >= 0.6 is 0 Å². The number of hydrogen-bond acceptors (Lipinski definition) is 1. The smallest absolute Gasteiger partial charge is 0.0571 e. The Morgan fingerprint density at radius 3 is 2.58 bits per heavy atom. The average molecular weight is 168 g/mol. The SMILES string of the molecule is CC1C(O)CC2CCC1C2(C)C. The first-order valence-electron chi connectivity index (χ1n) is 5.21. The summed E-state index contributed by atoms with van der Waals surface area (Å²) < 4.78 is 0. The summed E-state index contributed by atoms with van der Waals surface area (Å²) in [6.45, 7) is 6.99. The molecule has 4 unspecified atom stereocenters. The molecule has 0 aromatic rings. The molecular weight excluding hydrogens is 148 g/mol. The van der Waals surface area contributed by atoms with Crippen LogP contribution in [0.25, 0.3) is 0 Å². The van der Waals surface area contributed by atoms with Gasteiger partial charge in [0.1, 0.15) is 0 Å². The first kappa shape index (κ1) is 8.55. The van der Waals surface area contributed by atoms with Gasteiger partial charge in [0.25, 0.3) is 0 Å². The first-order chi connectivity index (χ1) is 5.53. The van der Waals surface area contributed by atoms with Gasteiger partial charge in [-0.25, -0.2) is 0 Å². The Kier molecular flexibility index (Phi) is 1.76. The number of fused-ring (bicyclic) bond motifs is 2. The van der Waals surface area contributed by atoms with E-state index in [1.54, 1.807) is 0 Å². The Balaban J connectivity index is 2.26. The quantitative estimate of drug-likeness (QED) is 0.589. The minimum absolute atomic E-state index is 0.0180. The van der Waals surface area contributed by atoms with Crippen LogP contribution in [0.15, 0.2) is 0 Å². The molecule has 12 heavy (non-hydrogen) atoms. The number of aliphatic hydroxyl groups is 1. The fraction of sp³-hybridized carbons (Fsp3) is 1.00. The molecule has 70 valence electrons. The van der Waals surface area contributed by atoms with Crippen molar-refractivity contribution in [2.24, 2.45) is 23.2 Å². The monoisotopic (exact) mass is 168 g/mol. The molecule has 2 fully saturated rings. The number of hydrogen-bond donors (Lipinski definition) is 1. The lowest BCUT2D eigenvalue weighted by atomic mass is 9.63. The Morgan fingerprint density at radius 2 is 1.92 bits per heavy atom. The second-order valence-electron chi connectivity index (χ2n) is 5.36. The molecule has 0 aromatic carbocycles. The number of aliphatic hydroxyl groups excluding tert-OH is 1. The summed E-state index contributed by atoms with van der Waals surface area (Å²) in [7, 11) is 0. The van der Waals surface area contributed by atoms with Crippen molar-refractivity contribution in [3.05, 3.63) is 0 Å². The van der Waals surface area contributed by atoms with E-state index in [0.717, 1.165) is 18.3 Å². The zero-order chi connectivity index (χ0) is 8.93. The van der Waals surface area contributed by atoms with Gasteiger partial charge in [-0.3, -0.25) is 0 Å². The van der Waals surface area contributed by atoms with Crippen molar-refractivity contribution in [2.45, 2.75) is 46.1 Å². The van der Waals surface area contributed by atoms with Gasteiger partial charge in [-0.2, -0.15) is 0 Å². The van der Waals surface area contributed by atoms with Crippen molar-refractivity contribution < 1.29 is 5.11 Å². The molecule has 0 radical (unpaired) electrons. The summed E-state index contributed by atoms with van der Waals surface area (Å²) in [5.41, 5.74) is 0.499. The third-order valence-corrected chi connectivity index (χ3v) is 4.60. The fourth-order valence-corrected chi connectivity index (χ4v) is 3.56. The van der Waals surface area contributed by atoms with Crippen LogP contribution in [0.3, 0.4) is 0 Å².